The van der Waals surface area contributed by atoms with E-state index in [0.717, 1.165) is 24.1 Å². The fourth-order valence-corrected chi connectivity index (χ4v) is 5.75. The van der Waals surface area contributed by atoms with E-state index in [4.69, 9.17) is 20.8 Å². The number of amides is 3. The van der Waals surface area contributed by atoms with Crippen LogP contribution in [0, 0.1) is 12.7 Å². The third-order valence-corrected chi connectivity index (χ3v) is 8.44. The van der Waals surface area contributed by atoms with Crippen molar-refractivity contribution in [2.45, 2.75) is 32.1 Å². The van der Waals surface area contributed by atoms with Crippen LogP contribution in [-0.4, -0.2) is 80.2 Å². The molecule has 13 heteroatoms. The number of halogens is 2. The van der Waals surface area contributed by atoms with Crippen molar-refractivity contribution in [3.05, 3.63) is 70.1 Å². The first-order valence-corrected chi connectivity index (χ1v) is 15.2. The molecule has 3 fully saturated rings. The smallest absolute Gasteiger partial charge is 0.409 e. The van der Waals surface area contributed by atoms with E-state index in [9.17, 15) is 18.8 Å². The summed E-state index contributed by atoms with van der Waals surface area (Å²) < 4.78 is 24.4. The number of carbonyl (C=O) groups excluding carboxylic acids is 3. The van der Waals surface area contributed by atoms with E-state index in [-0.39, 0.29) is 34.1 Å². The normalized spacial score (nSPS) is 16.7. The molecule has 0 atom stereocenters. The predicted octanol–water partition coefficient (Wildman–Crippen LogP) is 4.80. The zero-order valence-electron chi connectivity index (χ0n) is 24.4. The number of benzene rings is 2. The first kappa shape index (κ1) is 29.7. The van der Waals surface area contributed by atoms with Gasteiger partial charge in [-0.1, -0.05) is 17.7 Å². The molecule has 11 nitrogen and oxygen atoms in total. The largest absolute Gasteiger partial charge is 0.448 e. The van der Waals surface area contributed by atoms with Crippen LogP contribution in [0.15, 0.2) is 41.0 Å². The number of nitrogens with zero attached hydrogens (tertiary/aromatic N) is 4. The van der Waals surface area contributed by atoms with Crippen LogP contribution in [0.3, 0.4) is 0 Å². The Morgan fingerprint density at radius 3 is 2.50 bits per heavy atom. The second-order valence-electron chi connectivity index (χ2n) is 11.3. The Balaban J connectivity index is 1.19. The molecule has 44 heavy (non-hydrogen) atoms. The summed E-state index contributed by atoms with van der Waals surface area (Å²) in [6.45, 7) is 6.06. The SMILES string of the molecule is Cc1ccc(F)cc1N1CCN(c2cc(Cl)c(C(=O)NCCCN3CCOC3=O)cc2NC(=O)c2coc(C3CC3)n2)CC1. The van der Waals surface area contributed by atoms with Crippen LogP contribution in [-0.2, 0) is 4.74 Å². The maximum Gasteiger partial charge on any atom is 0.409 e. The molecular formula is C31H34ClFN6O5. The lowest BCUT2D eigenvalue weighted by Crippen LogP contribution is -2.47. The number of hydrogen-bond acceptors (Lipinski definition) is 8. The Kier molecular flexibility index (Phi) is 8.60. The quantitative estimate of drug-likeness (QED) is 0.309. The standard InChI is InChI=1S/C31H34ClFN6O5/c1-19-3-6-21(33)15-26(19)37-9-11-38(12-10-37)27-17-23(32)22(28(40)34-7-2-8-39-13-14-43-31(39)42)16-24(27)35-29(41)25-18-44-30(36-25)20-4-5-20/h3,6,15-18,20H,2,4-5,7-14H2,1H3,(H,34,40)(H,35,41). The van der Waals surface area contributed by atoms with Gasteiger partial charge in [-0.25, -0.2) is 14.2 Å². The van der Waals surface area contributed by atoms with Crippen LogP contribution in [0.25, 0.3) is 0 Å². The third kappa shape index (κ3) is 6.59. The Bertz CT molecular complexity index is 1570. The molecule has 6 rings (SSSR count). The molecule has 3 aliphatic rings. The van der Waals surface area contributed by atoms with Crippen molar-refractivity contribution >= 4 is 46.6 Å². The molecule has 3 heterocycles. The minimum atomic E-state index is -0.456. The van der Waals surface area contributed by atoms with Crippen LogP contribution in [0.2, 0.25) is 5.02 Å². The summed E-state index contributed by atoms with van der Waals surface area (Å²) in [5, 5.41) is 6.01. The van der Waals surface area contributed by atoms with Crippen molar-refractivity contribution in [2.24, 2.45) is 0 Å². The monoisotopic (exact) mass is 624 g/mol. The molecule has 1 aliphatic carbocycles. The minimum absolute atomic E-state index is 0.158. The van der Waals surface area contributed by atoms with Gasteiger partial charge in [-0.2, -0.15) is 0 Å². The molecule has 232 valence electrons. The van der Waals surface area contributed by atoms with E-state index in [1.54, 1.807) is 29.2 Å². The number of anilines is 3. The van der Waals surface area contributed by atoms with E-state index >= 15 is 0 Å². The fourth-order valence-electron chi connectivity index (χ4n) is 5.50. The Hall–Kier alpha value is -4.32. The fraction of sp³-hybridized carbons (Fsp3) is 0.419. The molecule has 1 aromatic heterocycles. The highest BCUT2D eigenvalue weighted by molar-refractivity contribution is 6.34. The van der Waals surface area contributed by atoms with Gasteiger partial charge in [-0.05, 0) is 56.0 Å². The Morgan fingerprint density at radius 2 is 1.80 bits per heavy atom. The summed E-state index contributed by atoms with van der Waals surface area (Å²) in [7, 11) is 0. The summed E-state index contributed by atoms with van der Waals surface area (Å²) >= 11 is 6.66. The lowest BCUT2D eigenvalue weighted by atomic mass is 10.1. The van der Waals surface area contributed by atoms with Gasteiger partial charge in [0.2, 0.25) is 0 Å². The van der Waals surface area contributed by atoms with E-state index in [1.165, 1.54) is 12.3 Å². The van der Waals surface area contributed by atoms with Gasteiger partial charge in [0.05, 0.1) is 28.5 Å². The van der Waals surface area contributed by atoms with Gasteiger partial charge in [0.1, 0.15) is 18.7 Å². The molecular weight excluding hydrogens is 591 g/mol. The minimum Gasteiger partial charge on any atom is -0.448 e. The van der Waals surface area contributed by atoms with E-state index in [2.05, 4.69) is 25.4 Å². The van der Waals surface area contributed by atoms with E-state index < -0.39 is 11.8 Å². The molecule has 2 aromatic carbocycles. The lowest BCUT2D eigenvalue weighted by molar-refractivity contribution is 0.0951. The van der Waals surface area contributed by atoms with Crippen LogP contribution >= 0.6 is 11.6 Å². The third-order valence-electron chi connectivity index (χ3n) is 8.13. The van der Waals surface area contributed by atoms with Crippen LogP contribution in [0.1, 0.15) is 57.5 Å². The van der Waals surface area contributed by atoms with Gasteiger partial charge in [0.15, 0.2) is 11.6 Å². The molecule has 1 saturated carbocycles. The van der Waals surface area contributed by atoms with Gasteiger partial charge in [-0.3, -0.25) is 9.59 Å². The maximum absolute atomic E-state index is 14.0. The van der Waals surface area contributed by atoms with Crippen LogP contribution in [0.5, 0.6) is 0 Å². The number of carbonyl (C=O) groups is 3. The van der Waals surface area contributed by atoms with Crippen molar-refractivity contribution in [1.29, 1.82) is 0 Å². The molecule has 2 aliphatic heterocycles. The molecule has 0 spiro atoms. The van der Waals surface area contributed by atoms with Gasteiger partial charge >= 0.3 is 6.09 Å². The summed E-state index contributed by atoms with van der Waals surface area (Å²) in [4.78, 5) is 48.3. The summed E-state index contributed by atoms with van der Waals surface area (Å²) in [5.74, 6) is -0.327. The second kappa shape index (κ2) is 12.7. The number of nitrogens with one attached hydrogen (secondary N) is 2. The van der Waals surface area contributed by atoms with Gasteiger partial charge in [-0.15, -0.1) is 0 Å². The number of aromatic nitrogens is 1. The summed E-state index contributed by atoms with van der Waals surface area (Å²) in [5.41, 5.74) is 3.28. The average molecular weight is 625 g/mol. The molecule has 0 bridgehead atoms. The van der Waals surface area contributed by atoms with Gasteiger partial charge in [0.25, 0.3) is 11.8 Å². The number of piperazine rings is 1. The Labute approximate surface area is 259 Å². The number of aryl methyl sites for hydroxylation is 1. The van der Waals surface area contributed by atoms with Crippen molar-refractivity contribution < 1.29 is 27.9 Å². The summed E-state index contributed by atoms with van der Waals surface area (Å²) in [6.07, 6.45) is 3.53. The maximum atomic E-state index is 14.0. The highest BCUT2D eigenvalue weighted by Crippen LogP contribution is 2.39. The molecule has 3 aromatic rings. The van der Waals surface area contributed by atoms with Gasteiger partial charge < -0.3 is 34.5 Å². The first-order chi connectivity index (χ1) is 21.3. The molecule has 2 saturated heterocycles. The second-order valence-corrected chi connectivity index (χ2v) is 11.7. The van der Waals surface area contributed by atoms with E-state index in [0.29, 0.717) is 76.1 Å². The van der Waals surface area contributed by atoms with Crippen molar-refractivity contribution in [3.63, 3.8) is 0 Å². The zero-order valence-corrected chi connectivity index (χ0v) is 25.2. The molecule has 3 amide bonds. The highest BCUT2D eigenvalue weighted by atomic mass is 35.5. The van der Waals surface area contributed by atoms with Crippen molar-refractivity contribution in [2.75, 3.05) is 67.5 Å². The molecule has 0 radical (unpaired) electrons. The van der Waals surface area contributed by atoms with Gasteiger partial charge in [0, 0.05) is 50.9 Å². The van der Waals surface area contributed by atoms with Crippen LogP contribution < -0.4 is 20.4 Å². The average Bonchev–Trinajstić information content (AvgIpc) is 3.60. The number of hydrogen-bond donors (Lipinski definition) is 2. The van der Waals surface area contributed by atoms with Crippen LogP contribution in [0.4, 0.5) is 26.2 Å². The topological polar surface area (TPSA) is 120 Å². The van der Waals surface area contributed by atoms with E-state index in [1.807, 2.05) is 6.92 Å². The number of cyclic esters (lactones) is 1. The number of ether oxygens (including phenoxy) is 1. The highest BCUT2D eigenvalue weighted by Gasteiger charge is 2.30. The van der Waals surface area contributed by atoms with Crippen molar-refractivity contribution in [3.8, 4) is 0 Å². The zero-order chi connectivity index (χ0) is 30.8. The lowest BCUT2D eigenvalue weighted by Gasteiger charge is -2.38. The Morgan fingerprint density at radius 1 is 1.05 bits per heavy atom. The summed E-state index contributed by atoms with van der Waals surface area (Å²) in [6, 6.07) is 8.04. The first-order valence-electron chi connectivity index (χ1n) is 14.8. The number of rotatable bonds is 10. The van der Waals surface area contributed by atoms with Crippen molar-refractivity contribution in [1.82, 2.24) is 15.2 Å². The molecule has 0 unspecified atom stereocenters. The number of oxazole rings is 1. The molecule has 2 N–H and O–H groups in total. The predicted molar refractivity (Wildman–Crippen MR) is 163 cm³/mol.